The van der Waals surface area contributed by atoms with Crippen LogP contribution in [0, 0.1) is 0 Å². The average Bonchev–Trinajstić information content (AvgIpc) is 3.28. The standard InChI is InChI=1S/C56H36/c1-3-16-37(17-4-1)39-20-15-21-43(35-39)53-45-22-7-11-26-49(45)55(50-27-12-8-23-46(50)53)56-51-28-13-9-24-47(51)54(48-25-10-14-29-52(48)56)44-33-32-41-34-40(30-31-42(41)36-44)38-18-5-2-6-19-38/h1-36H. The Morgan fingerprint density at radius 1 is 0.161 bits per heavy atom. The predicted octanol–water partition coefficient (Wildman–Crippen LogP) is 15.8. The van der Waals surface area contributed by atoms with E-state index in [0.29, 0.717) is 0 Å². The Kier molecular flexibility index (Phi) is 7.60. The lowest BCUT2D eigenvalue weighted by Gasteiger charge is -2.22. The van der Waals surface area contributed by atoms with Crippen LogP contribution in [0.5, 0.6) is 0 Å². The Morgan fingerprint density at radius 2 is 0.446 bits per heavy atom. The minimum atomic E-state index is 1.22. The van der Waals surface area contributed by atoms with Crippen molar-refractivity contribution in [3.8, 4) is 55.6 Å². The maximum Gasteiger partial charge on any atom is -0.00139 e. The molecule has 0 nitrogen and oxygen atoms in total. The molecular weight excluding hydrogens is 673 g/mol. The molecule has 260 valence electrons. The van der Waals surface area contributed by atoms with Gasteiger partial charge in [-0.25, -0.2) is 0 Å². The Hall–Kier alpha value is -7.28. The zero-order valence-corrected chi connectivity index (χ0v) is 30.8. The molecule has 0 aliphatic carbocycles. The van der Waals surface area contributed by atoms with E-state index in [-0.39, 0.29) is 0 Å². The summed E-state index contributed by atoms with van der Waals surface area (Å²) >= 11 is 0. The molecule has 0 aromatic heterocycles. The highest BCUT2D eigenvalue weighted by Gasteiger charge is 2.22. The van der Waals surface area contributed by atoms with Crippen LogP contribution in [0.1, 0.15) is 0 Å². The topological polar surface area (TPSA) is 0 Å². The van der Waals surface area contributed by atoms with E-state index < -0.39 is 0 Å². The van der Waals surface area contributed by atoms with Crippen molar-refractivity contribution in [3.63, 3.8) is 0 Å². The van der Waals surface area contributed by atoms with Gasteiger partial charge >= 0.3 is 0 Å². The summed E-state index contributed by atoms with van der Waals surface area (Å²) in [5.74, 6) is 0. The van der Waals surface area contributed by atoms with Crippen molar-refractivity contribution in [1.82, 2.24) is 0 Å². The van der Waals surface area contributed by atoms with Crippen molar-refractivity contribution in [2.45, 2.75) is 0 Å². The van der Waals surface area contributed by atoms with Gasteiger partial charge in [-0.2, -0.15) is 0 Å². The molecule has 0 unspecified atom stereocenters. The molecule has 0 N–H and O–H groups in total. The minimum Gasteiger partial charge on any atom is -0.0622 e. The average molecular weight is 709 g/mol. The third kappa shape index (κ3) is 5.22. The van der Waals surface area contributed by atoms with E-state index in [1.54, 1.807) is 0 Å². The molecule has 11 aromatic rings. The van der Waals surface area contributed by atoms with Gasteiger partial charge in [0.25, 0.3) is 0 Å². The summed E-state index contributed by atoms with van der Waals surface area (Å²) < 4.78 is 0. The lowest BCUT2D eigenvalue weighted by molar-refractivity contribution is 1.61. The summed E-state index contributed by atoms with van der Waals surface area (Å²) in [5.41, 5.74) is 12.5. The minimum absolute atomic E-state index is 1.22. The maximum atomic E-state index is 2.38. The fourth-order valence-corrected chi connectivity index (χ4v) is 9.11. The lowest BCUT2D eigenvalue weighted by Crippen LogP contribution is -1.94. The number of rotatable bonds is 5. The SMILES string of the molecule is c1ccc(-c2cccc(-c3c4ccccc4c(-c4c5ccccc5c(-c5ccc6cc(-c7ccccc7)ccc6c5)c5ccccc45)c4ccccc34)c2)cc1. The third-order valence-corrected chi connectivity index (χ3v) is 11.6. The van der Waals surface area contributed by atoms with Crippen molar-refractivity contribution in [2.75, 3.05) is 0 Å². The highest BCUT2D eigenvalue weighted by Crippen LogP contribution is 2.50. The Bertz CT molecular complexity index is 3170. The Morgan fingerprint density at radius 3 is 0.875 bits per heavy atom. The van der Waals surface area contributed by atoms with Crippen LogP contribution in [0.15, 0.2) is 218 Å². The van der Waals surface area contributed by atoms with Gasteiger partial charge in [0.2, 0.25) is 0 Å². The van der Waals surface area contributed by atoms with Crippen molar-refractivity contribution in [1.29, 1.82) is 0 Å². The molecule has 56 heavy (non-hydrogen) atoms. The smallest absolute Gasteiger partial charge is 0.00139 e. The van der Waals surface area contributed by atoms with E-state index in [4.69, 9.17) is 0 Å². The Balaban J connectivity index is 1.18. The highest BCUT2D eigenvalue weighted by molar-refractivity contribution is 6.30. The van der Waals surface area contributed by atoms with Crippen molar-refractivity contribution in [2.24, 2.45) is 0 Å². The van der Waals surface area contributed by atoms with E-state index in [9.17, 15) is 0 Å². The molecule has 11 rings (SSSR count). The summed E-state index contributed by atoms with van der Waals surface area (Å²) in [6.45, 7) is 0. The van der Waals surface area contributed by atoms with Crippen LogP contribution in [0.2, 0.25) is 0 Å². The third-order valence-electron chi connectivity index (χ3n) is 11.6. The van der Waals surface area contributed by atoms with E-state index >= 15 is 0 Å². The van der Waals surface area contributed by atoms with E-state index in [1.165, 1.54) is 109 Å². The number of hydrogen-bond donors (Lipinski definition) is 0. The normalized spacial score (nSPS) is 11.6. The molecule has 0 heterocycles. The fraction of sp³-hybridized carbons (Fsp3) is 0. The van der Waals surface area contributed by atoms with Gasteiger partial charge in [-0.3, -0.25) is 0 Å². The molecule has 0 saturated carbocycles. The van der Waals surface area contributed by atoms with Gasteiger partial charge in [-0.05, 0) is 128 Å². The van der Waals surface area contributed by atoms with Gasteiger partial charge in [0.15, 0.2) is 0 Å². The van der Waals surface area contributed by atoms with Gasteiger partial charge < -0.3 is 0 Å². The molecule has 0 heteroatoms. The number of benzene rings is 11. The highest BCUT2D eigenvalue weighted by atomic mass is 14.2. The molecule has 0 saturated heterocycles. The molecule has 0 fully saturated rings. The molecule has 0 spiro atoms. The van der Waals surface area contributed by atoms with Crippen LogP contribution in [0.25, 0.3) is 109 Å². The van der Waals surface area contributed by atoms with Gasteiger partial charge in [0, 0.05) is 0 Å². The molecule has 0 radical (unpaired) electrons. The largest absolute Gasteiger partial charge is 0.0622 e. The lowest BCUT2D eigenvalue weighted by atomic mass is 9.81. The quantitative estimate of drug-likeness (QED) is 0.156. The van der Waals surface area contributed by atoms with Gasteiger partial charge in [-0.1, -0.05) is 200 Å². The molecule has 0 atom stereocenters. The molecule has 0 bridgehead atoms. The first kappa shape index (κ1) is 32.2. The van der Waals surface area contributed by atoms with Crippen molar-refractivity contribution >= 4 is 53.9 Å². The maximum absolute atomic E-state index is 2.38. The monoisotopic (exact) mass is 708 g/mol. The second kappa shape index (κ2) is 13.2. The van der Waals surface area contributed by atoms with Crippen molar-refractivity contribution in [3.05, 3.63) is 218 Å². The molecule has 11 aromatic carbocycles. The summed E-state index contributed by atoms with van der Waals surface area (Å²) in [6, 6.07) is 80.3. The summed E-state index contributed by atoms with van der Waals surface area (Å²) in [6.07, 6.45) is 0. The fourth-order valence-electron chi connectivity index (χ4n) is 9.11. The molecule has 0 aliphatic heterocycles. The zero-order valence-electron chi connectivity index (χ0n) is 30.8. The van der Waals surface area contributed by atoms with Crippen LogP contribution in [0.3, 0.4) is 0 Å². The second-order valence-electron chi connectivity index (χ2n) is 14.8. The first-order valence-electron chi connectivity index (χ1n) is 19.4. The van der Waals surface area contributed by atoms with Crippen LogP contribution >= 0.6 is 0 Å². The van der Waals surface area contributed by atoms with Gasteiger partial charge in [0.1, 0.15) is 0 Å². The molecule has 0 amide bonds. The van der Waals surface area contributed by atoms with E-state index in [1.807, 2.05) is 0 Å². The first-order chi connectivity index (χ1) is 27.8. The number of hydrogen-bond acceptors (Lipinski definition) is 0. The van der Waals surface area contributed by atoms with Gasteiger partial charge in [-0.15, -0.1) is 0 Å². The predicted molar refractivity (Wildman–Crippen MR) is 241 cm³/mol. The van der Waals surface area contributed by atoms with Crippen LogP contribution in [-0.4, -0.2) is 0 Å². The molecular formula is C56H36. The van der Waals surface area contributed by atoms with Crippen LogP contribution in [-0.2, 0) is 0 Å². The summed E-state index contributed by atoms with van der Waals surface area (Å²) in [5, 5.41) is 12.5. The van der Waals surface area contributed by atoms with Crippen LogP contribution < -0.4 is 0 Å². The van der Waals surface area contributed by atoms with E-state index in [2.05, 4.69) is 218 Å². The second-order valence-corrected chi connectivity index (χ2v) is 14.8. The first-order valence-corrected chi connectivity index (χ1v) is 19.4. The summed E-state index contributed by atoms with van der Waals surface area (Å²) in [7, 11) is 0. The summed E-state index contributed by atoms with van der Waals surface area (Å²) in [4.78, 5) is 0. The van der Waals surface area contributed by atoms with Crippen LogP contribution in [0.4, 0.5) is 0 Å². The van der Waals surface area contributed by atoms with E-state index in [0.717, 1.165) is 0 Å². The number of fused-ring (bicyclic) bond motifs is 5. The van der Waals surface area contributed by atoms with Gasteiger partial charge in [0.05, 0.1) is 0 Å². The van der Waals surface area contributed by atoms with Crippen molar-refractivity contribution < 1.29 is 0 Å². The zero-order chi connectivity index (χ0) is 37.0. The molecule has 0 aliphatic rings. The Labute approximate surface area is 326 Å².